The highest BCUT2D eigenvalue weighted by atomic mass is 32.2. The van der Waals surface area contributed by atoms with Gasteiger partial charge in [-0.05, 0) is 44.1 Å². The van der Waals surface area contributed by atoms with Crippen LogP contribution in [0.25, 0.3) is 0 Å². The minimum Gasteiger partial charge on any atom is -0.493 e. The van der Waals surface area contributed by atoms with Crippen LogP contribution in [-0.2, 0) is 5.41 Å². The molecule has 0 aromatic heterocycles. The summed E-state index contributed by atoms with van der Waals surface area (Å²) in [5.41, 5.74) is 1.46. The van der Waals surface area contributed by atoms with Gasteiger partial charge >= 0.3 is 0 Å². The molecule has 0 N–H and O–H groups in total. The molecule has 2 saturated heterocycles. The van der Waals surface area contributed by atoms with Crippen molar-refractivity contribution in [3.05, 3.63) is 35.9 Å². The summed E-state index contributed by atoms with van der Waals surface area (Å²) < 4.78 is 11.3. The van der Waals surface area contributed by atoms with Crippen LogP contribution in [-0.4, -0.2) is 54.3 Å². The summed E-state index contributed by atoms with van der Waals surface area (Å²) in [5, 5.41) is 0. The van der Waals surface area contributed by atoms with Gasteiger partial charge < -0.3 is 14.4 Å². The van der Waals surface area contributed by atoms with Crippen LogP contribution in [0.15, 0.2) is 30.4 Å². The van der Waals surface area contributed by atoms with E-state index in [9.17, 15) is 0 Å². The van der Waals surface area contributed by atoms with Crippen molar-refractivity contribution in [1.82, 2.24) is 4.90 Å². The lowest BCUT2D eigenvalue weighted by atomic mass is 9.69. The molecular formula is C19H25NO2S2. The second-order valence-corrected chi connectivity index (χ2v) is 10.0. The molecule has 1 spiro atoms. The topological polar surface area (TPSA) is 21.7 Å². The zero-order valence-corrected chi connectivity index (χ0v) is 16.2. The van der Waals surface area contributed by atoms with Crippen LogP contribution in [0.3, 0.4) is 0 Å². The SMILES string of the molecule is COc1ccc([C@@]23C=CC4(C[C@@H]2N(C)CC3)SCCS4)cc1OC. The molecule has 1 aromatic rings. The fourth-order valence-electron chi connectivity index (χ4n) is 4.47. The maximum atomic E-state index is 5.56. The number of ether oxygens (including phenoxy) is 2. The number of rotatable bonds is 3. The summed E-state index contributed by atoms with van der Waals surface area (Å²) >= 11 is 4.26. The summed E-state index contributed by atoms with van der Waals surface area (Å²) in [6, 6.07) is 7.02. The normalized spacial score (nSPS) is 31.4. The van der Waals surface area contributed by atoms with Gasteiger partial charge in [0.1, 0.15) is 0 Å². The molecule has 2 atom stereocenters. The molecule has 2 aliphatic heterocycles. The van der Waals surface area contributed by atoms with E-state index in [4.69, 9.17) is 9.47 Å². The molecule has 1 aromatic carbocycles. The highest BCUT2D eigenvalue weighted by Gasteiger charge is 2.52. The van der Waals surface area contributed by atoms with Crippen molar-refractivity contribution in [2.45, 2.75) is 28.4 Å². The van der Waals surface area contributed by atoms with E-state index in [0.29, 0.717) is 10.1 Å². The zero-order valence-electron chi connectivity index (χ0n) is 14.6. The molecule has 3 aliphatic rings. The average molecular weight is 364 g/mol. The van der Waals surface area contributed by atoms with Crippen LogP contribution in [0.2, 0.25) is 0 Å². The number of nitrogens with zero attached hydrogens (tertiary/aromatic N) is 1. The Morgan fingerprint density at radius 1 is 1.08 bits per heavy atom. The second kappa shape index (κ2) is 6.19. The lowest BCUT2D eigenvalue weighted by molar-refractivity contribution is 0.247. The summed E-state index contributed by atoms with van der Waals surface area (Å²) in [6.45, 7) is 1.15. The van der Waals surface area contributed by atoms with E-state index in [1.54, 1.807) is 14.2 Å². The summed E-state index contributed by atoms with van der Waals surface area (Å²) in [4.78, 5) is 2.56. The van der Waals surface area contributed by atoms with E-state index in [2.05, 4.69) is 65.8 Å². The monoisotopic (exact) mass is 363 g/mol. The molecule has 0 unspecified atom stereocenters. The molecule has 1 aliphatic carbocycles. The first-order chi connectivity index (χ1) is 11.6. The molecule has 0 radical (unpaired) electrons. The Morgan fingerprint density at radius 3 is 2.54 bits per heavy atom. The largest absolute Gasteiger partial charge is 0.493 e. The first kappa shape index (κ1) is 16.7. The standard InChI is InChI=1S/C19H25NO2S2/c1-20-9-8-18(14-4-5-15(21-2)16(12-14)22-3)6-7-19(13-17(18)20)23-10-11-24-19/h4-7,12,17H,8-11,13H2,1-3H3/t17-,18-/m0/s1. The van der Waals surface area contributed by atoms with Gasteiger partial charge in [-0.3, -0.25) is 0 Å². The van der Waals surface area contributed by atoms with Crippen molar-refractivity contribution in [2.24, 2.45) is 0 Å². The minimum absolute atomic E-state index is 0.100. The molecule has 0 bridgehead atoms. The van der Waals surface area contributed by atoms with Crippen LogP contribution >= 0.6 is 23.5 Å². The predicted molar refractivity (Wildman–Crippen MR) is 104 cm³/mol. The molecule has 2 fully saturated rings. The highest BCUT2D eigenvalue weighted by Crippen LogP contribution is 2.57. The Hall–Kier alpha value is -0.780. The maximum absolute atomic E-state index is 5.56. The van der Waals surface area contributed by atoms with Gasteiger partial charge in [0.15, 0.2) is 11.5 Å². The van der Waals surface area contributed by atoms with Crippen LogP contribution in [0.4, 0.5) is 0 Å². The van der Waals surface area contributed by atoms with Crippen LogP contribution in [0, 0.1) is 0 Å². The van der Waals surface area contributed by atoms with E-state index in [1.165, 1.54) is 29.9 Å². The molecular weight excluding hydrogens is 338 g/mol. The third kappa shape index (κ3) is 2.47. The molecule has 130 valence electrons. The molecule has 0 saturated carbocycles. The fourth-order valence-corrected chi connectivity index (χ4v) is 7.54. The van der Waals surface area contributed by atoms with Gasteiger partial charge in [-0.15, -0.1) is 23.5 Å². The number of benzene rings is 1. The van der Waals surface area contributed by atoms with Crippen molar-refractivity contribution in [2.75, 3.05) is 39.3 Å². The van der Waals surface area contributed by atoms with Gasteiger partial charge in [0.25, 0.3) is 0 Å². The lowest BCUT2D eigenvalue weighted by Crippen LogP contribution is -2.46. The van der Waals surface area contributed by atoms with Crippen molar-refractivity contribution in [3.63, 3.8) is 0 Å². The van der Waals surface area contributed by atoms with E-state index in [-0.39, 0.29) is 5.41 Å². The number of fused-ring (bicyclic) bond motifs is 1. The lowest BCUT2D eigenvalue weighted by Gasteiger charge is -2.44. The fraction of sp³-hybridized carbons (Fsp3) is 0.579. The smallest absolute Gasteiger partial charge is 0.161 e. The van der Waals surface area contributed by atoms with Gasteiger partial charge in [-0.25, -0.2) is 0 Å². The molecule has 4 rings (SSSR count). The number of thioether (sulfide) groups is 2. The molecule has 2 heterocycles. The maximum Gasteiger partial charge on any atom is 0.161 e. The van der Waals surface area contributed by atoms with Gasteiger partial charge in [0.2, 0.25) is 0 Å². The Labute approximate surface area is 153 Å². The minimum atomic E-state index is 0.100. The molecule has 5 heteroatoms. The summed E-state index contributed by atoms with van der Waals surface area (Å²) in [6.07, 6.45) is 7.41. The Kier molecular flexibility index (Phi) is 4.30. The van der Waals surface area contributed by atoms with E-state index >= 15 is 0 Å². The third-order valence-electron chi connectivity index (χ3n) is 5.81. The van der Waals surface area contributed by atoms with Crippen molar-refractivity contribution >= 4 is 23.5 Å². The first-order valence-corrected chi connectivity index (χ1v) is 10.5. The summed E-state index contributed by atoms with van der Waals surface area (Å²) in [7, 11) is 5.69. The van der Waals surface area contributed by atoms with E-state index in [1.807, 2.05) is 0 Å². The van der Waals surface area contributed by atoms with E-state index < -0.39 is 0 Å². The Morgan fingerprint density at radius 2 is 1.83 bits per heavy atom. The number of methoxy groups -OCH3 is 2. The second-order valence-electron chi connectivity index (χ2n) is 6.90. The molecule has 0 amide bonds. The number of likely N-dealkylation sites (tertiary alicyclic amines) is 1. The number of likely N-dealkylation sites (N-methyl/N-ethyl adjacent to an activating group) is 1. The van der Waals surface area contributed by atoms with Crippen molar-refractivity contribution in [3.8, 4) is 11.5 Å². The van der Waals surface area contributed by atoms with Gasteiger partial charge in [-0.2, -0.15) is 0 Å². The van der Waals surface area contributed by atoms with E-state index in [0.717, 1.165) is 18.0 Å². The first-order valence-electron chi connectivity index (χ1n) is 8.53. The van der Waals surface area contributed by atoms with Crippen LogP contribution in [0.5, 0.6) is 11.5 Å². The average Bonchev–Trinajstić information content (AvgIpc) is 3.21. The zero-order chi connectivity index (χ0) is 16.8. The van der Waals surface area contributed by atoms with Gasteiger partial charge in [0, 0.05) is 23.0 Å². The van der Waals surface area contributed by atoms with Gasteiger partial charge in [-0.1, -0.05) is 18.2 Å². The Bertz CT molecular complexity index is 657. The van der Waals surface area contributed by atoms with Crippen LogP contribution < -0.4 is 9.47 Å². The Balaban J connectivity index is 1.77. The highest BCUT2D eigenvalue weighted by molar-refractivity contribution is 8.21. The number of hydrogen-bond acceptors (Lipinski definition) is 5. The quantitative estimate of drug-likeness (QED) is 0.760. The van der Waals surface area contributed by atoms with Gasteiger partial charge in [0.05, 0.1) is 18.3 Å². The third-order valence-corrected chi connectivity index (χ3v) is 9.18. The van der Waals surface area contributed by atoms with Crippen LogP contribution in [0.1, 0.15) is 18.4 Å². The predicted octanol–water partition coefficient (Wildman–Crippen LogP) is 3.78. The van der Waals surface area contributed by atoms with Crippen molar-refractivity contribution < 1.29 is 9.47 Å². The van der Waals surface area contributed by atoms with Crippen molar-refractivity contribution in [1.29, 1.82) is 0 Å². The molecule has 3 nitrogen and oxygen atoms in total. The molecule has 24 heavy (non-hydrogen) atoms. The summed E-state index contributed by atoms with van der Waals surface area (Å²) in [5.74, 6) is 4.18. The number of hydrogen-bond donors (Lipinski definition) is 0.